The summed E-state index contributed by atoms with van der Waals surface area (Å²) in [5.74, 6) is 0.827. The molecule has 0 saturated carbocycles. The van der Waals surface area contributed by atoms with E-state index in [4.69, 9.17) is 10.7 Å². The van der Waals surface area contributed by atoms with Crippen LogP contribution < -0.4 is 11.1 Å². The van der Waals surface area contributed by atoms with Gasteiger partial charge in [-0.15, -0.1) is 24.8 Å². The van der Waals surface area contributed by atoms with Crippen molar-refractivity contribution in [2.45, 2.75) is 26.3 Å². The van der Waals surface area contributed by atoms with E-state index in [0.29, 0.717) is 30.3 Å². The van der Waals surface area contributed by atoms with E-state index in [1.54, 1.807) is 12.1 Å². The molecule has 5 nitrogen and oxygen atoms in total. The highest BCUT2D eigenvalue weighted by molar-refractivity contribution is 5.99. The van der Waals surface area contributed by atoms with Gasteiger partial charge in [0.05, 0.1) is 16.6 Å². The van der Waals surface area contributed by atoms with E-state index in [-0.39, 0.29) is 30.7 Å². The zero-order chi connectivity index (χ0) is 17.1. The number of para-hydroxylation sites is 3. The number of imidazole rings is 1. The van der Waals surface area contributed by atoms with Crippen LogP contribution in [0.1, 0.15) is 36.1 Å². The van der Waals surface area contributed by atoms with E-state index < -0.39 is 0 Å². The third-order valence-corrected chi connectivity index (χ3v) is 4.02. The fourth-order valence-electron chi connectivity index (χ4n) is 2.93. The molecule has 0 aliphatic heterocycles. The number of rotatable bonds is 5. The lowest BCUT2D eigenvalue weighted by molar-refractivity contribution is 0.0955. The molecule has 3 N–H and O–H groups in total. The van der Waals surface area contributed by atoms with Crippen molar-refractivity contribution in [3.63, 3.8) is 0 Å². The van der Waals surface area contributed by atoms with Crippen molar-refractivity contribution in [3.05, 3.63) is 59.9 Å². The van der Waals surface area contributed by atoms with Crippen molar-refractivity contribution in [1.29, 1.82) is 0 Å². The van der Waals surface area contributed by atoms with Crippen LogP contribution in [-0.4, -0.2) is 22.0 Å². The summed E-state index contributed by atoms with van der Waals surface area (Å²) in [4.78, 5) is 16.9. The van der Waals surface area contributed by atoms with Crippen LogP contribution in [-0.2, 0) is 6.42 Å². The molecule has 1 amide bonds. The summed E-state index contributed by atoms with van der Waals surface area (Å²) < 4.78 is 2.22. The number of halogens is 2. The summed E-state index contributed by atoms with van der Waals surface area (Å²) in [6.45, 7) is 4.80. The van der Waals surface area contributed by atoms with Crippen LogP contribution in [0.15, 0.2) is 48.5 Å². The standard InChI is InChI=1S/C19H22N4O.2ClH/c1-13(2)23-17-10-6-5-9-16(17)22-18(23)11-12-21-19(24)14-7-3-4-8-15(14)20;;/h3-10,13H,11-12,20H2,1-2H3,(H,21,24);2*1H. The van der Waals surface area contributed by atoms with Crippen molar-refractivity contribution < 1.29 is 4.79 Å². The number of nitrogens with two attached hydrogens (primary N) is 1. The first kappa shape index (κ1) is 21.8. The van der Waals surface area contributed by atoms with Crippen molar-refractivity contribution >= 4 is 47.4 Å². The summed E-state index contributed by atoms with van der Waals surface area (Å²) >= 11 is 0. The van der Waals surface area contributed by atoms with E-state index in [1.165, 1.54) is 0 Å². The molecule has 0 fully saturated rings. The number of carbonyl (C=O) groups is 1. The number of amides is 1. The molecule has 1 heterocycles. The zero-order valence-electron chi connectivity index (χ0n) is 14.8. The van der Waals surface area contributed by atoms with Crippen molar-refractivity contribution in [2.24, 2.45) is 0 Å². The first-order valence-corrected chi connectivity index (χ1v) is 8.16. The number of hydrogen-bond donors (Lipinski definition) is 2. The summed E-state index contributed by atoms with van der Waals surface area (Å²) in [6, 6.07) is 15.5. The Morgan fingerprint density at radius 1 is 1.12 bits per heavy atom. The Balaban J connectivity index is 0.00000169. The van der Waals surface area contributed by atoms with Gasteiger partial charge in [0.2, 0.25) is 0 Å². The second kappa shape index (κ2) is 9.46. The molecule has 26 heavy (non-hydrogen) atoms. The predicted molar refractivity (Wildman–Crippen MR) is 112 cm³/mol. The van der Waals surface area contributed by atoms with Crippen LogP contribution in [0, 0.1) is 0 Å². The van der Waals surface area contributed by atoms with Crippen LogP contribution in [0.4, 0.5) is 5.69 Å². The Morgan fingerprint density at radius 2 is 1.77 bits per heavy atom. The Labute approximate surface area is 165 Å². The lowest BCUT2D eigenvalue weighted by Gasteiger charge is -2.13. The molecule has 0 atom stereocenters. The largest absolute Gasteiger partial charge is 0.398 e. The van der Waals surface area contributed by atoms with Crippen molar-refractivity contribution in [1.82, 2.24) is 14.9 Å². The molecule has 0 bridgehead atoms. The summed E-state index contributed by atoms with van der Waals surface area (Å²) in [5.41, 5.74) is 8.95. The molecule has 0 aliphatic rings. The second-order valence-corrected chi connectivity index (χ2v) is 6.07. The summed E-state index contributed by atoms with van der Waals surface area (Å²) in [7, 11) is 0. The highest BCUT2D eigenvalue weighted by Crippen LogP contribution is 2.21. The number of benzene rings is 2. The molecule has 2 aromatic carbocycles. The normalized spacial score (nSPS) is 10.3. The minimum absolute atomic E-state index is 0. The number of fused-ring (bicyclic) bond motifs is 1. The highest BCUT2D eigenvalue weighted by Gasteiger charge is 2.13. The maximum absolute atomic E-state index is 12.2. The highest BCUT2D eigenvalue weighted by atomic mass is 35.5. The molecular formula is C19H24Cl2N4O. The van der Waals surface area contributed by atoms with E-state index in [1.807, 2.05) is 30.3 Å². The molecule has 140 valence electrons. The molecule has 0 aliphatic carbocycles. The fraction of sp³-hybridized carbons (Fsp3) is 0.263. The average molecular weight is 395 g/mol. The van der Waals surface area contributed by atoms with Gasteiger partial charge in [-0.1, -0.05) is 24.3 Å². The Bertz CT molecular complexity index is 877. The molecule has 3 aromatic rings. The summed E-state index contributed by atoms with van der Waals surface area (Å²) in [5, 5.41) is 2.93. The van der Waals surface area contributed by atoms with Crippen LogP contribution in [0.25, 0.3) is 11.0 Å². The Hall–Kier alpha value is -2.24. The zero-order valence-corrected chi connectivity index (χ0v) is 16.4. The number of nitrogens with one attached hydrogen (secondary N) is 1. The fourth-order valence-corrected chi connectivity index (χ4v) is 2.93. The molecule has 1 aromatic heterocycles. The van der Waals surface area contributed by atoms with E-state index >= 15 is 0 Å². The molecule has 0 saturated heterocycles. The van der Waals surface area contributed by atoms with Gasteiger partial charge in [-0.2, -0.15) is 0 Å². The smallest absolute Gasteiger partial charge is 0.253 e. The lowest BCUT2D eigenvalue weighted by atomic mass is 10.1. The number of nitrogen functional groups attached to an aromatic ring is 1. The number of carbonyl (C=O) groups excluding carboxylic acids is 1. The first-order chi connectivity index (χ1) is 11.6. The molecule has 0 radical (unpaired) electrons. The van der Waals surface area contributed by atoms with Crippen molar-refractivity contribution in [2.75, 3.05) is 12.3 Å². The number of hydrogen-bond acceptors (Lipinski definition) is 3. The Kier molecular flexibility index (Phi) is 7.93. The SMILES string of the molecule is CC(C)n1c(CCNC(=O)c2ccccc2N)nc2ccccc21.Cl.Cl. The maximum atomic E-state index is 12.2. The van der Waals surface area contributed by atoms with Gasteiger partial charge in [0.1, 0.15) is 5.82 Å². The predicted octanol–water partition coefficient (Wildman–Crippen LogP) is 4.02. The van der Waals surface area contributed by atoms with Crippen LogP contribution in [0.5, 0.6) is 0 Å². The summed E-state index contributed by atoms with van der Waals surface area (Å²) in [6.07, 6.45) is 0.672. The van der Waals surface area contributed by atoms with Gasteiger partial charge in [-0.05, 0) is 38.1 Å². The van der Waals surface area contributed by atoms with Gasteiger partial charge < -0.3 is 15.6 Å². The number of aromatic nitrogens is 2. The molecule has 7 heteroatoms. The third-order valence-electron chi connectivity index (χ3n) is 4.02. The number of anilines is 1. The minimum atomic E-state index is -0.152. The quantitative estimate of drug-likeness (QED) is 0.641. The van der Waals surface area contributed by atoms with Crippen LogP contribution in [0.3, 0.4) is 0 Å². The van der Waals surface area contributed by atoms with Crippen LogP contribution >= 0.6 is 24.8 Å². The van der Waals surface area contributed by atoms with Gasteiger partial charge in [0.15, 0.2) is 0 Å². The van der Waals surface area contributed by atoms with Crippen LogP contribution in [0.2, 0.25) is 0 Å². The maximum Gasteiger partial charge on any atom is 0.253 e. The van der Waals surface area contributed by atoms with Gasteiger partial charge in [-0.3, -0.25) is 4.79 Å². The molecule has 0 spiro atoms. The van der Waals surface area contributed by atoms with E-state index in [9.17, 15) is 4.79 Å². The van der Waals surface area contributed by atoms with E-state index in [2.05, 4.69) is 29.8 Å². The van der Waals surface area contributed by atoms with Gasteiger partial charge in [0.25, 0.3) is 5.91 Å². The first-order valence-electron chi connectivity index (χ1n) is 8.16. The second-order valence-electron chi connectivity index (χ2n) is 6.07. The lowest BCUT2D eigenvalue weighted by Crippen LogP contribution is -2.27. The van der Waals surface area contributed by atoms with Gasteiger partial charge in [0, 0.05) is 24.7 Å². The molecule has 0 unspecified atom stereocenters. The molecule has 3 rings (SSSR count). The Morgan fingerprint density at radius 3 is 2.46 bits per heavy atom. The topological polar surface area (TPSA) is 72.9 Å². The number of nitrogens with zero attached hydrogens (tertiary/aromatic N) is 2. The van der Waals surface area contributed by atoms with Gasteiger partial charge in [-0.25, -0.2) is 4.98 Å². The minimum Gasteiger partial charge on any atom is -0.398 e. The third kappa shape index (κ3) is 4.48. The van der Waals surface area contributed by atoms with Gasteiger partial charge >= 0.3 is 0 Å². The van der Waals surface area contributed by atoms with Crippen molar-refractivity contribution in [3.8, 4) is 0 Å². The monoisotopic (exact) mass is 394 g/mol. The molecular weight excluding hydrogens is 371 g/mol. The van der Waals surface area contributed by atoms with E-state index in [0.717, 1.165) is 16.9 Å². The average Bonchev–Trinajstić information content (AvgIpc) is 2.93.